The average Bonchev–Trinajstić information content (AvgIpc) is 2.77. The van der Waals surface area contributed by atoms with Gasteiger partial charge >= 0.3 is 0 Å². The van der Waals surface area contributed by atoms with Crippen LogP contribution in [0.4, 0.5) is 5.69 Å². The molecular weight excluding hydrogens is 354 g/mol. The molecule has 0 saturated carbocycles. The highest BCUT2D eigenvalue weighted by atomic mass is 16.1. The van der Waals surface area contributed by atoms with Crippen molar-refractivity contribution >= 4 is 24.1 Å². The molecule has 2 aromatic rings. The fraction of sp³-hybridized carbons (Fsp3) is 0.444. The second-order valence-electron chi connectivity index (χ2n) is 7.82. The lowest BCUT2D eigenvalue weighted by Crippen LogP contribution is -2.25. The minimum absolute atomic E-state index is 0.712. The Morgan fingerprint density at radius 3 is 1.52 bits per heavy atom. The van der Waals surface area contributed by atoms with E-state index in [1.54, 1.807) is 0 Å². The molecule has 0 fully saturated rings. The first-order valence-corrected chi connectivity index (χ1v) is 11.3. The number of anilines is 1. The molecule has 0 saturated heterocycles. The van der Waals surface area contributed by atoms with E-state index in [0.717, 1.165) is 24.9 Å². The number of rotatable bonds is 14. The van der Waals surface area contributed by atoms with Crippen LogP contribution in [-0.2, 0) is 0 Å². The van der Waals surface area contributed by atoms with Crippen molar-refractivity contribution in [3.8, 4) is 0 Å². The van der Waals surface area contributed by atoms with Crippen LogP contribution in [0.5, 0.6) is 0 Å². The second-order valence-corrected chi connectivity index (χ2v) is 7.82. The summed E-state index contributed by atoms with van der Waals surface area (Å²) in [6, 6.07) is 16.6. The Kier molecular flexibility index (Phi) is 10.9. The first-order valence-electron chi connectivity index (χ1n) is 11.3. The van der Waals surface area contributed by atoms with Gasteiger partial charge in [0.1, 0.15) is 6.29 Å². The van der Waals surface area contributed by atoms with Crippen molar-refractivity contribution in [1.29, 1.82) is 0 Å². The lowest BCUT2D eigenvalue weighted by molar-refractivity contribution is 0.112. The summed E-state index contributed by atoms with van der Waals surface area (Å²) in [4.78, 5) is 13.3. The lowest BCUT2D eigenvalue weighted by atomic mass is 10.1. The molecule has 0 aliphatic rings. The normalized spacial score (nSPS) is 11.1. The number of hydrogen-bond acceptors (Lipinski definition) is 2. The topological polar surface area (TPSA) is 20.3 Å². The van der Waals surface area contributed by atoms with Crippen molar-refractivity contribution in [1.82, 2.24) is 0 Å². The third-order valence-corrected chi connectivity index (χ3v) is 5.36. The van der Waals surface area contributed by atoms with Crippen LogP contribution in [0.1, 0.15) is 86.7 Å². The van der Waals surface area contributed by atoms with E-state index in [4.69, 9.17) is 0 Å². The van der Waals surface area contributed by atoms with Gasteiger partial charge in [0, 0.05) is 24.3 Å². The van der Waals surface area contributed by atoms with Gasteiger partial charge in [-0.05, 0) is 36.1 Å². The smallest absolute Gasteiger partial charge is 0.150 e. The molecule has 0 unspecified atom stereocenters. The molecule has 0 heterocycles. The number of hydrogen-bond donors (Lipinski definition) is 0. The molecule has 29 heavy (non-hydrogen) atoms. The Hall–Kier alpha value is -2.35. The van der Waals surface area contributed by atoms with E-state index in [9.17, 15) is 4.79 Å². The minimum atomic E-state index is 0.712. The van der Waals surface area contributed by atoms with E-state index in [0.29, 0.717) is 5.56 Å². The summed E-state index contributed by atoms with van der Waals surface area (Å²) >= 11 is 0. The van der Waals surface area contributed by atoms with Gasteiger partial charge in [0.05, 0.1) is 0 Å². The van der Waals surface area contributed by atoms with Gasteiger partial charge in [-0.2, -0.15) is 0 Å². The summed E-state index contributed by atoms with van der Waals surface area (Å²) in [5.74, 6) is 0. The van der Waals surface area contributed by atoms with Gasteiger partial charge < -0.3 is 4.90 Å². The number of unbranched alkanes of at least 4 members (excludes halogenated alkanes) is 6. The van der Waals surface area contributed by atoms with Crippen LogP contribution in [0.2, 0.25) is 0 Å². The first kappa shape index (κ1) is 22.9. The van der Waals surface area contributed by atoms with E-state index >= 15 is 0 Å². The third-order valence-electron chi connectivity index (χ3n) is 5.36. The zero-order valence-corrected chi connectivity index (χ0v) is 18.3. The Labute approximate surface area is 177 Å². The van der Waals surface area contributed by atoms with E-state index in [1.165, 1.54) is 62.6 Å². The van der Waals surface area contributed by atoms with Crippen LogP contribution < -0.4 is 4.90 Å². The number of nitrogens with zero attached hydrogens (tertiary/aromatic N) is 1. The molecular formula is C27H37NO. The minimum Gasteiger partial charge on any atom is -0.372 e. The quantitative estimate of drug-likeness (QED) is 0.187. The van der Waals surface area contributed by atoms with E-state index < -0.39 is 0 Å². The summed E-state index contributed by atoms with van der Waals surface area (Å²) in [7, 11) is 0. The summed E-state index contributed by atoms with van der Waals surface area (Å²) < 4.78 is 0. The van der Waals surface area contributed by atoms with Gasteiger partial charge in [0.25, 0.3) is 0 Å². The molecule has 0 aliphatic heterocycles. The maximum atomic E-state index is 10.8. The van der Waals surface area contributed by atoms with Gasteiger partial charge in [-0.25, -0.2) is 0 Å². The molecule has 0 radical (unpaired) electrons. The van der Waals surface area contributed by atoms with Crippen LogP contribution in [0, 0.1) is 0 Å². The predicted octanol–water partition coefficient (Wildman–Crippen LogP) is 7.64. The van der Waals surface area contributed by atoms with E-state index in [-0.39, 0.29) is 0 Å². The highest BCUT2D eigenvalue weighted by Gasteiger charge is 2.06. The van der Waals surface area contributed by atoms with Crippen molar-refractivity contribution in [2.75, 3.05) is 18.0 Å². The molecule has 2 heteroatoms. The molecule has 2 nitrogen and oxygen atoms in total. The summed E-state index contributed by atoms with van der Waals surface area (Å²) in [5.41, 5.74) is 4.35. The van der Waals surface area contributed by atoms with Gasteiger partial charge in [-0.15, -0.1) is 0 Å². The molecule has 0 amide bonds. The fourth-order valence-corrected chi connectivity index (χ4v) is 3.50. The van der Waals surface area contributed by atoms with Crippen molar-refractivity contribution < 1.29 is 4.79 Å². The fourth-order valence-electron chi connectivity index (χ4n) is 3.50. The first-order chi connectivity index (χ1) is 14.3. The lowest BCUT2D eigenvalue weighted by Gasteiger charge is -2.25. The Balaban J connectivity index is 1.97. The molecule has 0 aromatic heterocycles. The van der Waals surface area contributed by atoms with Crippen LogP contribution in [0.25, 0.3) is 12.2 Å². The maximum absolute atomic E-state index is 10.8. The molecule has 0 spiro atoms. The van der Waals surface area contributed by atoms with Crippen molar-refractivity contribution in [2.24, 2.45) is 0 Å². The van der Waals surface area contributed by atoms with Crippen molar-refractivity contribution in [3.05, 3.63) is 65.2 Å². The molecule has 2 rings (SSSR count). The predicted molar refractivity (Wildman–Crippen MR) is 128 cm³/mol. The highest BCUT2D eigenvalue weighted by molar-refractivity contribution is 5.76. The van der Waals surface area contributed by atoms with Gasteiger partial charge in [0.2, 0.25) is 0 Å². The Morgan fingerprint density at radius 1 is 0.621 bits per heavy atom. The second kappa shape index (κ2) is 13.8. The van der Waals surface area contributed by atoms with Crippen LogP contribution in [-0.4, -0.2) is 19.4 Å². The summed E-state index contributed by atoms with van der Waals surface area (Å²) in [6.07, 6.45) is 15.6. The zero-order chi connectivity index (χ0) is 20.7. The van der Waals surface area contributed by atoms with Gasteiger partial charge in [0.15, 0.2) is 0 Å². The van der Waals surface area contributed by atoms with E-state index in [2.05, 4.69) is 55.2 Å². The molecule has 0 bridgehead atoms. The van der Waals surface area contributed by atoms with Crippen LogP contribution in [0.3, 0.4) is 0 Å². The summed E-state index contributed by atoms with van der Waals surface area (Å²) in [6.45, 7) is 6.85. The largest absolute Gasteiger partial charge is 0.372 e. The van der Waals surface area contributed by atoms with E-state index in [1.807, 2.05) is 24.3 Å². The molecule has 156 valence electrons. The number of carbonyl (C=O) groups excluding carboxylic acids is 1. The third kappa shape index (κ3) is 8.68. The molecule has 0 aliphatic carbocycles. The van der Waals surface area contributed by atoms with Crippen molar-refractivity contribution in [2.45, 2.75) is 65.2 Å². The van der Waals surface area contributed by atoms with Crippen LogP contribution in [0.15, 0.2) is 48.5 Å². The number of carbonyl (C=O) groups is 1. The van der Waals surface area contributed by atoms with Crippen molar-refractivity contribution in [3.63, 3.8) is 0 Å². The Bertz CT molecular complexity index is 703. The molecule has 0 N–H and O–H groups in total. The zero-order valence-electron chi connectivity index (χ0n) is 18.3. The molecule has 0 atom stereocenters. The number of benzene rings is 2. The number of aldehydes is 1. The monoisotopic (exact) mass is 391 g/mol. The standard InChI is InChI=1S/C27H37NO/c1-3-5-7-9-21-28(22-10-8-6-4-2)27-19-17-25(18-20-27)12-11-24-13-15-26(23-29)16-14-24/h11-20,23H,3-10,21-22H2,1-2H3/b12-11+. The van der Waals surface area contributed by atoms with Gasteiger partial charge in [-0.3, -0.25) is 4.79 Å². The van der Waals surface area contributed by atoms with Crippen LogP contribution >= 0.6 is 0 Å². The molecule has 2 aromatic carbocycles. The highest BCUT2D eigenvalue weighted by Crippen LogP contribution is 2.19. The maximum Gasteiger partial charge on any atom is 0.150 e. The average molecular weight is 392 g/mol. The Morgan fingerprint density at radius 2 is 1.07 bits per heavy atom. The summed E-state index contributed by atoms with van der Waals surface area (Å²) in [5, 5.41) is 0. The SMILES string of the molecule is CCCCCCN(CCCCCC)c1ccc(/C=C/c2ccc(C=O)cc2)cc1. The van der Waals surface area contributed by atoms with Gasteiger partial charge in [-0.1, -0.05) is 101 Å².